The third-order valence-electron chi connectivity index (χ3n) is 3.12. The van der Waals surface area contributed by atoms with E-state index < -0.39 is 12.2 Å². The highest BCUT2D eigenvalue weighted by atomic mass is 19.3. The summed E-state index contributed by atoms with van der Waals surface area (Å²) in [6, 6.07) is 7.57. The Bertz CT molecular complexity index is 548. The Morgan fingerprint density at radius 1 is 1.37 bits per heavy atom. The fraction of sp³-hybridized carbons (Fsp3) is 0.429. The smallest absolute Gasteiger partial charge is 0.283 e. The molecular formula is C14H18F2N2O. The molecule has 0 saturated carbocycles. The maximum atomic E-state index is 12.9. The van der Waals surface area contributed by atoms with Crippen molar-refractivity contribution in [3.8, 4) is 0 Å². The van der Waals surface area contributed by atoms with Crippen molar-refractivity contribution in [1.82, 2.24) is 10.3 Å². The standard InChI is InChI=1S/C14H18F2N2O/c1-9(18-13(19)14(2,15)16)7-10-8-17-12-6-4-3-5-11(10)12/h3-6,8-9,13,17-19H,7H2,1-2H3. The third-order valence-corrected chi connectivity index (χ3v) is 3.12. The van der Waals surface area contributed by atoms with Gasteiger partial charge in [0, 0.05) is 30.1 Å². The Labute approximate surface area is 110 Å². The molecular weight excluding hydrogens is 250 g/mol. The monoisotopic (exact) mass is 268 g/mol. The Morgan fingerprint density at radius 3 is 2.74 bits per heavy atom. The van der Waals surface area contributed by atoms with Crippen molar-refractivity contribution in [3.05, 3.63) is 36.0 Å². The van der Waals surface area contributed by atoms with Gasteiger partial charge in [-0.05, 0) is 25.0 Å². The molecule has 0 bridgehead atoms. The zero-order valence-corrected chi connectivity index (χ0v) is 11.0. The molecule has 2 rings (SSSR count). The molecule has 19 heavy (non-hydrogen) atoms. The quantitative estimate of drug-likeness (QED) is 0.730. The number of hydrogen-bond acceptors (Lipinski definition) is 2. The van der Waals surface area contributed by atoms with Gasteiger partial charge in [0.1, 0.15) is 0 Å². The number of aliphatic hydroxyl groups is 1. The molecule has 1 aromatic heterocycles. The molecule has 0 amide bonds. The van der Waals surface area contributed by atoms with E-state index in [0.29, 0.717) is 13.3 Å². The predicted molar refractivity (Wildman–Crippen MR) is 71.2 cm³/mol. The number of aliphatic hydroxyl groups excluding tert-OH is 1. The van der Waals surface area contributed by atoms with Gasteiger partial charge in [0.25, 0.3) is 5.92 Å². The van der Waals surface area contributed by atoms with Gasteiger partial charge in [-0.25, -0.2) is 8.78 Å². The Hall–Kier alpha value is -1.46. The average Bonchev–Trinajstić information content (AvgIpc) is 2.71. The molecule has 0 fully saturated rings. The third kappa shape index (κ3) is 3.30. The Balaban J connectivity index is 2.05. The van der Waals surface area contributed by atoms with Crippen LogP contribution in [-0.2, 0) is 6.42 Å². The van der Waals surface area contributed by atoms with Crippen molar-refractivity contribution >= 4 is 10.9 Å². The molecule has 1 aromatic carbocycles. The van der Waals surface area contributed by atoms with E-state index in [4.69, 9.17) is 0 Å². The second kappa shape index (κ2) is 5.27. The summed E-state index contributed by atoms with van der Waals surface area (Å²) in [6.45, 7) is 2.47. The zero-order valence-electron chi connectivity index (χ0n) is 11.0. The average molecular weight is 268 g/mol. The second-order valence-corrected chi connectivity index (χ2v) is 4.99. The summed E-state index contributed by atoms with van der Waals surface area (Å²) in [5, 5.41) is 12.9. The number of rotatable bonds is 5. The first-order chi connectivity index (χ1) is 8.88. The van der Waals surface area contributed by atoms with Crippen LogP contribution in [0.5, 0.6) is 0 Å². The van der Waals surface area contributed by atoms with Gasteiger partial charge in [-0.1, -0.05) is 18.2 Å². The molecule has 0 spiro atoms. The SMILES string of the molecule is CC(Cc1c[nH]c2ccccc12)NC(O)C(C)(F)F. The van der Waals surface area contributed by atoms with Crippen molar-refractivity contribution in [3.63, 3.8) is 0 Å². The van der Waals surface area contributed by atoms with Crippen LogP contribution in [-0.4, -0.2) is 28.3 Å². The van der Waals surface area contributed by atoms with Crippen LogP contribution >= 0.6 is 0 Å². The predicted octanol–water partition coefficient (Wildman–Crippen LogP) is 2.66. The lowest BCUT2D eigenvalue weighted by atomic mass is 10.1. The summed E-state index contributed by atoms with van der Waals surface area (Å²) in [7, 11) is 0. The number of halogens is 2. The van der Waals surface area contributed by atoms with Crippen LogP contribution in [0.15, 0.2) is 30.5 Å². The van der Waals surface area contributed by atoms with E-state index in [-0.39, 0.29) is 6.04 Å². The van der Waals surface area contributed by atoms with Gasteiger partial charge in [-0.15, -0.1) is 0 Å². The van der Waals surface area contributed by atoms with Gasteiger partial charge < -0.3 is 10.1 Å². The molecule has 0 aliphatic carbocycles. The minimum Gasteiger partial charge on any atom is -0.372 e. The van der Waals surface area contributed by atoms with Crippen LogP contribution in [0, 0.1) is 0 Å². The molecule has 5 heteroatoms. The minimum absolute atomic E-state index is 0.250. The number of benzene rings is 1. The van der Waals surface area contributed by atoms with Crippen LogP contribution < -0.4 is 5.32 Å². The fourth-order valence-corrected chi connectivity index (χ4v) is 2.11. The number of aromatic nitrogens is 1. The van der Waals surface area contributed by atoms with Crippen molar-refractivity contribution in [1.29, 1.82) is 0 Å². The molecule has 2 aromatic rings. The summed E-state index contributed by atoms with van der Waals surface area (Å²) in [5.74, 6) is -3.14. The number of fused-ring (bicyclic) bond motifs is 1. The van der Waals surface area contributed by atoms with Crippen molar-refractivity contribution in [2.24, 2.45) is 0 Å². The van der Waals surface area contributed by atoms with Gasteiger partial charge in [0.05, 0.1) is 0 Å². The Kier molecular flexibility index (Phi) is 3.87. The fourth-order valence-electron chi connectivity index (χ4n) is 2.11. The highest BCUT2D eigenvalue weighted by Crippen LogP contribution is 2.20. The van der Waals surface area contributed by atoms with Crippen LogP contribution in [0.25, 0.3) is 10.9 Å². The molecule has 0 aliphatic rings. The van der Waals surface area contributed by atoms with E-state index in [1.807, 2.05) is 30.5 Å². The zero-order chi connectivity index (χ0) is 14.0. The highest BCUT2D eigenvalue weighted by molar-refractivity contribution is 5.83. The van der Waals surface area contributed by atoms with Crippen LogP contribution in [0.4, 0.5) is 8.78 Å². The van der Waals surface area contributed by atoms with E-state index in [1.165, 1.54) is 0 Å². The molecule has 0 radical (unpaired) electrons. The van der Waals surface area contributed by atoms with Gasteiger partial charge in [-0.2, -0.15) is 0 Å². The lowest BCUT2D eigenvalue weighted by Crippen LogP contribution is -2.47. The second-order valence-electron chi connectivity index (χ2n) is 4.99. The van der Waals surface area contributed by atoms with Crippen LogP contribution in [0.3, 0.4) is 0 Å². The van der Waals surface area contributed by atoms with Gasteiger partial charge in [0.2, 0.25) is 0 Å². The molecule has 1 heterocycles. The molecule has 0 aliphatic heterocycles. The number of nitrogens with one attached hydrogen (secondary N) is 2. The molecule has 2 unspecified atom stereocenters. The summed E-state index contributed by atoms with van der Waals surface area (Å²) >= 11 is 0. The molecule has 3 nitrogen and oxygen atoms in total. The largest absolute Gasteiger partial charge is 0.372 e. The summed E-state index contributed by atoms with van der Waals surface area (Å²) in [4.78, 5) is 3.14. The van der Waals surface area contributed by atoms with Crippen LogP contribution in [0.2, 0.25) is 0 Å². The Morgan fingerprint density at radius 2 is 2.05 bits per heavy atom. The number of aromatic amines is 1. The lowest BCUT2D eigenvalue weighted by Gasteiger charge is -2.23. The lowest BCUT2D eigenvalue weighted by molar-refractivity contribution is -0.111. The summed E-state index contributed by atoms with van der Waals surface area (Å²) in [5.41, 5.74) is 2.06. The van der Waals surface area contributed by atoms with E-state index in [1.54, 1.807) is 6.92 Å². The highest BCUT2D eigenvalue weighted by Gasteiger charge is 2.33. The first-order valence-electron chi connectivity index (χ1n) is 6.25. The summed E-state index contributed by atoms with van der Waals surface area (Å²) in [6.07, 6.45) is 0.615. The van der Waals surface area contributed by atoms with E-state index in [2.05, 4.69) is 10.3 Å². The van der Waals surface area contributed by atoms with E-state index in [0.717, 1.165) is 16.5 Å². The maximum absolute atomic E-state index is 12.9. The van der Waals surface area contributed by atoms with Crippen molar-refractivity contribution in [2.75, 3.05) is 0 Å². The van der Waals surface area contributed by atoms with E-state index >= 15 is 0 Å². The summed E-state index contributed by atoms with van der Waals surface area (Å²) < 4.78 is 25.8. The number of hydrogen-bond donors (Lipinski definition) is 3. The van der Waals surface area contributed by atoms with Gasteiger partial charge >= 0.3 is 0 Å². The van der Waals surface area contributed by atoms with Gasteiger partial charge in [-0.3, -0.25) is 5.32 Å². The number of para-hydroxylation sites is 1. The normalized spacial score (nSPS) is 15.6. The van der Waals surface area contributed by atoms with Gasteiger partial charge in [0.15, 0.2) is 6.23 Å². The minimum atomic E-state index is -3.14. The van der Waals surface area contributed by atoms with Crippen LogP contribution in [0.1, 0.15) is 19.4 Å². The number of H-pyrrole nitrogens is 1. The molecule has 3 N–H and O–H groups in total. The maximum Gasteiger partial charge on any atom is 0.283 e. The van der Waals surface area contributed by atoms with E-state index in [9.17, 15) is 13.9 Å². The van der Waals surface area contributed by atoms with Crippen molar-refractivity contribution in [2.45, 2.75) is 38.5 Å². The first-order valence-corrected chi connectivity index (χ1v) is 6.25. The first kappa shape index (κ1) is 14.0. The number of alkyl halides is 2. The molecule has 0 saturated heterocycles. The topological polar surface area (TPSA) is 48.0 Å². The van der Waals surface area contributed by atoms with Crippen molar-refractivity contribution < 1.29 is 13.9 Å². The molecule has 2 atom stereocenters. The molecule has 104 valence electrons.